The lowest BCUT2D eigenvalue weighted by Gasteiger charge is -2.15. The van der Waals surface area contributed by atoms with Gasteiger partial charge < -0.3 is 10.4 Å². The normalized spacial score (nSPS) is 26.1. The molecule has 1 aromatic rings. The van der Waals surface area contributed by atoms with Gasteiger partial charge in [-0.1, -0.05) is 13.3 Å². The molecule has 1 aromatic heterocycles. The van der Waals surface area contributed by atoms with Crippen molar-refractivity contribution in [3.05, 3.63) is 24.5 Å². The number of aromatic nitrogens is 1. The van der Waals surface area contributed by atoms with Crippen LogP contribution in [0.2, 0.25) is 0 Å². The van der Waals surface area contributed by atoms with Crippen molar-refractivity contribution in [2.24, 2.45) is 17.8 Å². The third-order valence-corrected chi connectivity index (χ3v) is 3.84. The van der Waals surface area contributed by atoms with Crippen LogP contribution in [0.3, 0.4) is 0 Å². The first-order valence-corrected chi connectivity index (χ1v) is 6.55. The lowest BCUT2D eigenvalue weighted by molar-refractivity contribution is -0.145. The molecule has 5 heteroatoms. The van der Waals surface area contributed by atoms with Crippen LogP contribution in [-0.2, 0) is 9.59 Å². The van der Waals surface area contributed by atoms with Gasteiger partial charge in [0, 0.05) is 18.1 Å². The molecule has 0 aliphatic heterocycles. The predicted octanol–water partition coefficient (Wildman–Crippen LogP) is 2.16. The summed E-state index contributed by atoms with van der Waals surface area (Å²) in [4.78, 5) is 27.3. The van der Waals surface area contributed by atoms with E-state index in [0.717, 1.165) is 6.42 Å². The molecule has 0 bridgehead atoms. The van der Waals surface area contributed by atoms with Crippen molar-refractivity contribution >= 4 is 17.6 Å². The number of rotatable bonds is 4. The summed E-state index contributed by atoms with van der Waals surface area (Å²) in [6.45, 7) is 2.03. The van der Waals surface area contributed by atoms with Crippen molar-refractivity contribution in [3.63, 3.8) is 0 Å². The number of nitrogens with one attached hydrogen (secondary N) is 1. The molecule has 0 saturated heterocycles. The van der Waals surface area contributed by atoms with Crippen LogP contribution in [0.1, 0.15) is 26.2 Å². The Kier molecular flexibility index (Phi) is 4.14. The van der Waals surface area contributed by atoms with E-state index >= 15 is 0 Å². The van der Waals surface area contributed by atoms with Crippen molar-refractivity contribution in [2.75, 3.05) is 5.32 Å². The van der Waals surface area contributed by atoms with Gasteiger partial charge in [0.2, 0.25) is 5.91 Å². The molecule has 3 atom stereocenters. The number of carbonyl (C=O) groups excluding carboxylic acids is 1. The number of amides is 1. The van der Waals surface area contributed by atoms with Crippen LogP contribution in [0.5, 0.6) is 0 Å². The second-order valence-electron chi connectivity index (χ2n) is 5.02. The van der Waals surface area contributed by atoms with Gasteiger partial charge in [-0.3, -0.25) is 14.6 Å². The molecule has 2 rings (SSSR count). The van der Waals surface area contributed by atoms with Crippen molar-refractivity contribution in [2.45, 2.75) is 26.2 Å². The first-order chi connectivity index (χ1) is 9.11. The van der Waals surface area contributed by atoms with Crippen LogP contribution in [0.25, 0.3) is 0 Å². The predicted molar refractivity (Wildman–Crippen MR) is 70.5 cm³/mol. The molecular weight excluding hydrogens is 244 g/mol. The Bertz CT molecular complexity index is 461. The molecule has 1 amide bonds. The molecule has 19 heavy (non-hydrogen) atoms. The number of nitrogens with zero attached hydrogens (tertiary/aromatic N) is 1. The van der Waals surface area contributed by atoms with E-state index in [1.54, 1.807) is 24.5 Å². The van der Waals surface area contributed by atoms with Crippen LogP contribution in [0.15, 0.2) is 24.5 Å². The molecule has 1 aliphatic carbocycles. The highest BCUT2D eigenvalue weighted by Gasteiger charge is 2.42. The zero-order valence-electron chi connectivity index (χ0n) is 10.9. The van der Waals surface area contributed by atoms with E-state index in [2.05, 4.69) is 10.3 Å². The van der Waals surface area contributed by atoms with Crippen molar-refractivity contribution < 1.29 is 14.7 Å². The second kappa shape index (κ2) is 5.82. The molecule has 2 N–H and O–H groups in total. The molecule has 1 aliphatic rings. The zero-order chi connectivity index (χ0) is 13.8. The molecule has 1 heterocycles. The van der Waals surface area contributed by atoms with Crippen LogP contribution in [-0.4, -0.2) is 22.0 Å². The van der Waals surface area contributed by atoms with Gasteiger partial charge in [0.25, 0.3) is 0 Å². The van der Waals surface area contributed by atoms with Gasteiger partial charge in [0.15, 0.2) is 0 Å². The fourth-order valence-corrected chi connectivity index (χ4v) is 2.71. The topological polar surface area (TPSA) is 79.3 Å². The fourth-order valence-electron chi connectivity index (χ4n) is 2.71. The van der Waals surface area contributed by atoms with Gasteiger partial charge in [-0.25, -0.2) is 0 Å². The molecular formula is C14H18N2O3. The summed E-state index contributed by atoms with van der Waals surface area (Å²) in [6.07, 6.45) is 5.36. The fraction of sp³-hybridized carbons (Fsp3) is 0.500. The second-order valence-corrected chi connectivity index (χ2v) is 5.02. The maximum Gasteiger partial charge on any atom is 0.307 e. The highest BCUT2D eigenvalue weighted by molar-refractivity contribution is 5.95. The number of carboxylic acids is 1. The van der Waals surface area contributed by atoms with Gasteiger partial charge in [-0.05, 0) is 30.9 Å². The molecule has 102 valence electrons. The number of pyridine rings is 1. The minimum Gasteiger partial charge on any atom is -0.481 e. The zero-order valence-corrected chi connectivity index (χ0v) is 10.9. The smallest absolute Gasteiger partial charge is 0.307 e. The van der Waals surface area contributed by atoms with Crippen LogP contribution < -0.4 is 5.32 Å². The highest BCUT2D eigenvalue weighted by Crippen LogP contribution is 2.38. The molecule has 0 spiro atoms. The monoisotopic (exact) mass is 262 g/mol. The minimum absolute atomic E-state index is 0.199. The first-order valence-electron chi connectivity index (χ1n) is 6.55. The van der Waals surface area contributed by atoms with Crippen LogP contribution in [0.4, 0.5) is 5.69 Å². The van der Waals surface area contributed by atoms with E-state index in [1.807, 2.05) is 6.92 Å². The summed E-state index contributed by atoms with van der Waals surface area (Å²) in [5, 5.41) is 12.0. The highest BCUT2D eigenvalue weighted by atomic mass is 16.4. The summed E-state index contributed by atoms with van der Waals surface area (Å²) in [5.41, 5.74) is 0.657. The van der Waals surface area contributed by atoms with Crippen molar-refractivity contribution in [1.29, 1.82) is 0 Å². The van der Waals surface area contributed by atoms with Crippen molar-refractivity contribution in [3.8, 4) is 0 Å². The molecule has 5 nitrogen and oxygen atoms in total. The Labute approximate surface area is 112 Å². The number of carbonyl (C=O) groups is 2. The first kappa shape index (κ1) is 13.5. The average Bonchev–Trinajstić information content (AvgIpc) is 2.84. The molecule has 1 saturated carbocycles. The van der Waals surface area contributed by atoms with Crippen LogP contribution in [0, 0.1) is 17.8 Å². The largest absolute Gasteiger partial charge is 0.481 e. The molecule has 0 radical (unpaired) electrons. The van der Waals surface area contributed by atoms with Gasteiger partial charge in [-0.2, -0.15) is 0 Å². The van der Waals surface area contributed by atoms with Gasteiger partial charge in [0.05, 0.1) is 11.8 Å². The summed E-state index contributed by atoms with van der Waals surface area (Å²) >= 11 is 0. The van der Waals surface area contributed by atoms with E-state index in [1.165, 1.54) is 0 Å². The van der Waals surface area contributed by atoms with E-state index in [0.29, 0.717) is 24.4 Å². The minimum atomic E-state index is -0.870. The summed E-state index contributed by atoms with van der Waals surface area (Å²) in [6, 6.07) is 3.39. The van der Waals surface area contributed by atoms with Crippen molar-refractivity contribution in [1.82, 2.24) is 4.98 Å². The quantitative estimate of drug-likeness (QED) is 0.871. The molecule has 0 aromatic carbocycles. The maximum atomic E-state index is 12.2. The van der Waals surface area contributed by atoms with Gasteiger partial charge in [0.1, 0.15) is 0 Å². The third-order valence-electron chi connectivity index (χ3n) is 3.84. The van der Waals surface area contributed by atoms with Crippen LogP contribution >= 0.6 is 0 Å². The summed E-state index contributed by atoms with van der Waals surface area (Å²) < 4.78 is 0. The number of carboxylic acid groups (broad SMARTS) is 1. The maximum absolute atomic E-state index is 12.2. The Morgan fingerprint density at radius 1 is 1.32 bits per heavy atom. The molecule has 3 unspecified atom stereocenters. The Morgan fingerprint density at radius 2 is 1.95 bits per heavy atom. The SMILES string of the molecule is CCC1CC(C(=O)O)C(C(=O)Nc2ccncc2)C1. The summed E-state index contributed by atoms with van der Waals surface area (Å²) in [5.74, 6) is -1.74. The van der Waals surface area contributed by atoms with Gasteiger partial charge >= 0.3 is 5.97 Å². The number of anilines is 1. The van der Waals surface area contributed by atoms with E-state index < -0.39 is 17.8 Å². The Balaban J connectivity index is 2.07. The van der Waals surface area contributed by atoms with E-state index in [-0.39, 0.29) is 5.91 Å². The van der Waals surface area contributed by atoms with E-state index in [4.69, 9.17) is 0 Å². The number of hydrogen-bond acceptors (Lipinski definition) is 3. The lowest BCUT2D eigenvalue weighted by atomic mass is 9.95. The number of hydrogen-bond donors (Lipinski definition) is 2. The lowest BCUT2D eigenvalue weighted by Crippen LogP contribution is -2.29. The average molecular weight is 262 g/mol. The Hall–Kier alpha value is -1.91. The Morgan fingerprint density at radius 3 is 2.53 bits per heavy atom. The summed E-state index contributed by atoms with van der Waals surface area (Å²) in [7, 11) is 0. The third kappa shape index (κ3) is 3.10. The van der Waals surface area contributed by atoms with Gasteiger partial charge in [-0.15, -0.1) is 0 Å². The van der Waals surface area contributed by atoms with E-state index in [9.17, 15) is 14.7 Å². The molecule has 1 fully saturated rings. The standard InChI is InChI=1S/C14H18N2O3/c1-2-9-7-11(12(8-9)14(18)19)13(17)16-10-3-5-15-6-4-10/h3-6,9,11-12H,2,7-8H2,1H3,(H,18,19)(H,15,16,17). The number of aliphatic carboxylic acids is 1.